The first-order chi connectivity index (χ1) is 3.79. The van der Waals surface area contributed by atoms with Crippen LogP contribution in [0.5, 0.6) is 11.6 Å². The first-order valence-corrected chi connectivity index (χ1v) is 2.13. The summed E-state index contributed by atoms with van der Waals surface area (Å²) < 4.78 is 0. The predicted octanol–water partition coefficient (Wildman–Crippen LogP) is 0.490. The second-order valence-corrected chi connectivity index (χ2v) is 1.37. The summed E-state index contributed by atoms with van der Waals surface area (Å²) in [5.74, 6) is -0.0226. The first-order valence-electron chi connectivity index (χ1n) is 2.13. The molecular weight excluding hydrogens is 209 g/mol. The van der Waals surface area contributed by atoms with E-state index in [4.69, 9.17) is 10.2 Å². The van der Waals surface area contributed by atoms with E-state index in [0.29, 0.717) is 0 Å². The summed E-state index contributed by atoms with van der Waals surface area (Å²) in [7, 11) is 0. The van der Waals surface area contributed by atoms with Crippen LogP contribution in [0.3, 0.4) is 0 Å². The molecule has 0 saturated heterocycles. The van der Waals surface area contributed by atoms with Crippen molar-refractivity contribution in [3.05, 3.63) is 18.3 Å². The van der Waals surface area contributed by atoms with Crippen molar-refractivity contribution >= 4 is 0 Å². The summed E-state index contributed by atoms with van der Waals surface area (Å²) in [5, 5.41) is 17.1. The molecule has 0 atom stereocenters. The Morgan fingerprint density at radius 2 is 1.89 bits per heavy atom. The van der Waals surface area contributed by atoms with Crippen LogP contribution in [0.25, 0.3) is 0 Å². The minimum absolute atomic E-state index is 0. The van der Waals surface area contributed by atoms with Crippen molar-refractivity contribution in [2.75, 3.05) is 0 Å². The monoisotopic (exact) mass is 214 g/mol. The van der Waals surface area contributed by atoms with E-state index in [1.807, 2.05) is 0 Å². The number of rotatable bonds is 0. The zero-order valence-corrected chi connectivity index (χ0v) is 6.05. The first kappa shape index (κ1) is 8.37. The second-order valence-electron chi connectivity index (χ2n) is 1.37. The Morgan fingerprint density at radius 3 is 2.22 bits per heavy atom. The van der Waals surface area contributed by atoms with Crippen LogP contribution in [0.15, 0.2) is 18.3 Å². The smallest absolute Gasteiger partial charge is 0.210 e. The Bertz CT molecular complexity index is 154. The number of pyridine rings is 1. The third-order valence-corrected chi connectivity index (χ3v) is 0.732. The number of nitrogens with zero attached hydrogens (tertiary/aromatic N) is 1. The molecular formula is C5H5NO2Rh. The molecule has 1 rings (SSSR count). The van der Waals surface area contributed by atoms with Gasteiger partial charge in [0.25, 0.3) is 0 Å². The maximum absolute atomic E-state index is 8.58. The molecule has 0 bridgehead atoms. The van der Waals surface area contributed by atoms with E-state index in [1.165, 1.54) is 18.3 Å². The Hall–Kier alpha value is -0.627. The molecule has 0 aliphatic carbocycles. The van der Waals surface area contributed by atoms with Gasteiger partial charge in [-0.2, -0.15) is 0 Å². The van der Waals surface area contributed by atoms with Crippen molar-refractivity contribution in [2.24, 2.45) is 0 Å². The van der Waals surface area contributed by atoms with Gasteiger partial charge >= 0.3 is 0 Å². The molecule has 0 spiro atoms. The molecule has 4 heteroatoms. The average Bonchev–Trinajstić information content (AvgIpc) is 1.77. The summed E-state index contributed by atoms with van der Waals surface area (Å²) >= 11 is 0. The molecule has 9 heavy (non-hydrogen) atoms. The number of hydrogen-bond donors (Lipinski definition) is 2. The normalized spacial score (nSPS) is 8.00. The zero-order valence-electron chi connectivity index (χ0n) is 4.41. The quantitative estimate of drug-likeness (QED) is 0.618. The number of hydrogen-bond acceptors (Lipinski definition) is 3. The Balaban J connectivity index is 0.000000640. The van der Waals surface area contributed by atoms with Gasteiger partial charge in [-0.3, -0.25) is 0 Å². The third kappa shape index (κ3) is 2.42. The number of aromatic hydroxyl groups is 2. The van der Waals surface area contributed by atoms with Gasteiger partial charge in [0.15, 0.2) is 0 Å². The maximum atomic E-state index is 8.58. The fourth-order valence-electron chi connectivity index (χ4n) is 0.378. The molecule has 0 aliphatic heterocycles. The topological polar surface area (TPSA) is 53.4 Å². The van der Waals surface area contributed by atoms with Crippen LogP contribution in [0.2, 0.25) is 0 Å². The van der Waals surface area contributed by atoms with Crippen molar-refractivity contribution in [3.8, 4) is 11.6 Å². The van der Waals surface area contributed by atoms with Crippen LogP contribution in [0, 0.1) is 0 Å². The molecule has 0 amide bonds. The summed E-state index contributed by atoms with van der Waals surface area (Å²) in [5.41, 5.74) is 0. The van der Waals surface area contributed by atoms with E-state index in [1.54, 1.807) is 0 Å². The summed E-state index contributed by atoms with van der Waals surface area (Å²) in [4.78, 5) is 3.38. The third-order valence-electron chi connectivity index (χ3n) is 0.732. The summed E-state index contributed by atoms with van der Waals surface area (Å²) in [6, 6.07) is 2.68. The SMILES string of the molecule is Oc1ccc(O)nc1.[Rh]. The Labute approximate surface area is 65.1 Å². The van der Waals surface area contributed by atoms with Gasteiger partial charge in [0.1, 0.15) is 5.75 Å². The van der Waals surface area contributed by atoms with Gasteiger partial charge < -0.3 is 10.2 Å². The van der Waals surface area contributed by atoms with Crippen LogP contribution in [-0.4, -0.2) is 15.2 Å². The van der Waals surface area contributed by atoms with Gasteiger partial charge in [-0.25, -0.2) is 4.98 Å². The Kier molecular flexibility index (Phi) is 3.17. The molecule has 1 heterocycles. The molecule has 1 aromatic rings. The standard InChI is InChI=1S/C5H5NO2.Rh/c7-4-1-2-5(8)6-3-4;/h1-3,7H,(H,6,8);. The van der Waals surface area contributed by atoms with Crippen molar-refractivity contribution in [2.45, 2.75) is 0 Å². The van der Waals surface area contributed by atoms with Crippen molar-refractivity contribution < 1.29 is 29.7 Å². The molecule has 1 aromatic heterocycles. The van der Waals surface area contributed by atoms with Crippen molar-refractivity contribution in [1.29, 1.82) is 0 Å². The van der Waals surface area contributed by atoms with Gasteiger partial charge in [-0.15, -0.1) is 0 Å². The maximum Gasteiger partial charge on any atom is 0.210 e. The van der Waals surface area contributed by atoms with Crippen molar-refractivity contribution in [3.63, 3.8) is 0 Å². The van der Waals surface area contributed by atoms with Gasteiger partial charge in [0, 0.05) is 25.5 Å². The van der Waals surface area contributed by atoms with E-state index in [0.717, 1.165) is 0 Å². The van der Waals surface area contributed by atoms with Gasteiger partial charge in [0.2, 0.25) is 5.88 Å². The van der Waals surface area contributed by atoms with E-state index < -0.39 is 0 Å². The summed E-state index contributed by atoms with van der Waals surface area (Å²) in [6.07, 6.45) is 1.18. The van der Waals surface area contributed by atoms with Crippen LogP contribution in [0.4, 0.5) is 0 Å². The molecule has 1 radical (unpaired) electrons. The van der Waals surface area contributed by atoms with E-state index in [-0.39, 0.29) is 31.1 Å². The van der Waals surface area contributed by atoms with Gasteiger partial charge in [0.05, 0.1) is 6.20 Å². The van der Waals surface area contributed by atoms with Gasteiger partial charge in [-0.05, 0) is 6.07 Å². The molecule has 2 N–H and O–H groups in total. The largest absolute Gasteiger partial charge is 0.506 e. The summed E-state index contributed by atoms with van der Waals surface area (Å²) in [6.45, 7) is 0. The van der Waals surface area contributed by atoms with E-state index in [9.17, 15) is 0 Å². The van der Waals surface area contributed by atoms with Crippen LogP contribution < -0.4 is 0 Å². The minimum Gasteiger partial charge on any atom is -0.506 e. The molecule has 0 aliphatic rings. The van der Waals surface area contributed by atoms with Crippen molar-refractivity contribution in [1.82, 2.24) is 4.98 Å². The zero-order chi connectivity index (χ0) is 5.98. The van der Waals surface area contributed by atoms with Crippen LogP contribution in [-0.2, 0) is 19.5 Å². The molecule has 0 unspecified atom stereocenters. The van der Waals surface area contributed by atoms with Gasteiger partial charge in [-0.1, -0.05) is 0 Å². The van der Waals surface area contributed by atoms with E-state index >= 15 is 0 Å². The Morgan fingerprint density at radius 1 is 1.22 bits per heavy atom. The van der Waals surface area contributed by atoms with Crippen LogP contribution in [0.1, 0.15) is 0 Å². The second kappa shape index (κ2) is 3.41. The average molecular weight is 214 g/mol. The molecule has 3 nitrogen and oxygen atoms in total. The molecule has 0 fully saturated rings. The van der Waals surface area contributed by atoms with Crippen LogP contribution >= 0.6 is 0 Å². The fraction of sp³-hybridized carbons (Fsp3) is 0. The number of aromatic nitrogens is 1. The minimum atomic E-state index is -0.0807. The predicted molar refractivity (Wildman–Crippen MR) is 27.6 cm³/mol. The molecule has 51 valence electrons. The molecule has 0 saturated carbocycles. The molecule has 0 aromatic carbocycles. The fourth-order valence-corrected chi connectivity index (χ4v) is 0.378. The van der Waals surface area contributed by atoms with E-state index in [2.05, 4.69) is 4.98 Å².